The normalized spacial score (nSPS) is 25.9. The van der Waals surface area contributed by atoms with Crippen LogP contribution < -0.4 is 9.80 Å². The van der Waals surface area contributed by atoms with Gasteiger partial charge < -0.3 is 19.3 Å². The minimum atomic E-state index is 0.259. The Hall–Kier alpha value is -2.77. The molecular formula is C24H27N5O2. The van der Waals surface area contributed by atoms with Gasteiger partial charge in [0.1, 0.15) is 5.82 Å². The smallest absolute Gasteiger partial charge is 0.228 e. The second kappa shape index (κ2) is 7.73. The first-order chi connectivity index (χ1) is 15.2. The number of morpholine rings is 1. The lowest BCUT2D eigenvalue weighted by molar-refractivity contribution is 0.0987. The van der Waals surface area contributed by atoms with Crippen molar-refractivity contribution in [2.75, 3.05) is 49.3 Å². The molecule has 3 saturated heterocycles. The molecule has 0 aliphatic carbocycles. The number of rotatable bonds is 3. The minimum absolute atomic E-state index is 0.259. The molecular weight excluding hydrogens is 390 g/mol. The first kappa shape index (κ1) is 19.0. The van der Waals surface area contributed by atoms with Crippen LogP contribution in [0.2, 0.25) is 0 Å². The molecule has 5 heterocycles. The van der Waals surface area contributed by atoms with E-state index in [1.54, 1.807) is 0 Å². The highest BCUT2D eigenvalue weighted by atomic mass is 16.5. The van der Waals surface area contributed by atoms with Crippen LogP contribution in [-0.4, -0.2) is 66.6 Å². The molecule has 3 unspecified atom stereocenters. The molecule has 2 aromatic heterocycles. The summed E-state index contributed by atoms with van der Waals surface area (Å²) in [4.78, 5) is 19.5. The molecule has 0 N–H and O–H groups in total. The maximum Gasteiger partial charge on any atom is 0.228 e. The summed E-state index contributed by atoms with van der Waals surface area (Å²) < 4.78 is 11.6. The van der Waals surface area contributed by atoms with Crippen molar-refractivity contribution in [2.45, 2.75) is 25.5 Å². The highest BCUT2D eigenvalue weighted by molar-refractivity contribution is 5.92. The van der Waals surface area contributed by atoms with Gasteiger partial charge >= 0.3 is 0 Å². The SMILES string of the molecule is CC1COCCN1c1nc(N2CC3COC(C3)C2)nc2cc(-c3ccccc3)ncc12. The number of pyridine rings is 1. The van der Waals surface area contributed by atoms with Gasteiger partial charge in [0, 0.05) is 37.3 Å². The molecule has 2 bridgehead atoms. The Balaban J connectivity index is 1.47. The third-order valence-corrected chi connectivity index (χ3v) is 6.61. The van der Waals surface area contributed by atoms with E-state index in [1.807, 2.05) is 24.4 Å². The third kappa shape index (κ3) is 3.51. The summed E-state index contributed by atoms with van der Waals surface area (Å²) in [6.07, 6.45) is 3.38. The van der Waals surface area contributed by atoms with Crippen molar-refractivity contribution in [3.05, 3.63) is 42.6 Å². The van der Waals surface area contributed by atoms with Crippen LogP contribution in [0.1, 0.15) is 13.3 Å². The molecule has 3 aromatic rings. The summed E-state index contributed by atoms with van der Waals surface area (Å²) in [5.74, 6) is 2.33. The zero-order valence-electron chi connectivity index (χ0n) is 17.8. The quantitative estimate of drug-likeness (QED) is 0.649. The molecule has 3 aliphatic heterocycles. The van der Waals surface area contributed by atoms with Crippen molar-refractivity contribution < 1.29 is 9.47 Å². The maximum atomic E-state index is 5.92. The molecule has 31 heavy (non-hydrogen) atoms. The zero-order valence-corrected chi connectivity index (χ0v) is 17.8. The van der Waals surface area contributed by atoms with Gasteiger partial charge in [-0.2, -0.15) is 4.98 Å². The van der Waals surface area contributed by atoms with Gasteiger partial charge in [-0.05, 0) is 19.4 Å². The van der Waals surface area contributed by atoms with E-state index in [0.29, 0.717) is 25.2 Å². The van der Waals surface area contributed by atoms with Gasteiger partial charge in [0.05, 0.1) is 48.6 Å². The van der Waals surface area contributed by atoms with E-state index in [0.717, 1.165) is 66.6 Å². The van der Waals surface area contributed by atoms with Gasteiger partial charge in [-0.3, -0.25) is 4.98 Å². The first-order valence-electron chi connectivity index (χ1n) is 11.2. The van der Waals surface area contributed by atoms with Crippen LogP contribution in [0.25, 0.3) is 22.2 Å². The lowest BCUT2D eigenvalue weighted by Gasteiger charge is -2.36. The standard InChI is InChI=1S/C24H27N5O2/c1-16-14-30-8-7-29(16)23-20-11-25-21(18-5-3-2-4-6-18)10-22(20)26-24(27-23)28-12-17-9-19(13-28)31-15-17/h2-6,10-11,16-17,19H,7-9,12-15H2,1H3. The Morgan fingerprint density at radius 1 is 1.06 bits per heavy atom. The van der Waals surface area contributed by atoms with Gasteiger partial charge in [-0.25, -0.2) is 4.98 Å². The second-order valence-electron chi connectivity index (χ2n) is 8.88. The van der Waals surface area contributed by atoms with E-state index in [1.165, 1.54) is 0 Å². The van der Waals surface area contributed by atoms with E-state index >= 15 is 0 Å². The number of hydrogen-bond acceptors (Lipinski definition) is 7. The fourth-order valence-electron chi connectivity index (χ4n) is 5.00. The Morgan fingerprint density at radius 3 is 2.81 bits per heavy atom. The van der Waals surface area contributed by atoms with Crippen molar-refractivity contribution in [1.82, 2.24) is 15.0 Å². The summed E-state index contributed by atoms with van der Waals surface area (Å²) in [7, 11) is 0. The Morgan fingerprint density at radius 2 is 1.97 bits per heavy atom. The highest BCUT2D eigenvalue weighted by Gasteiger charge is 2.35. The van der Waals surface area contributed by atoms with E-state index in [4.69, 9.17) is 24.4 Å². The van der Waals surface area contributed by atoms with Crippen LogP contribution in [-0.2, 0) is 9.47 Å². The van der Waals surface area contributed by atoms with Crippen LogP contribution >= 0.6 is 0 Å². The van der Waals surface area contributed by atoms with Gasteiger partial charge in [0.15, 0.2) is 0 Å². The Bertz CT molecular complexity index is 1080. The molecule has 6 rings (SSSR count). The van der Waals surface area contributed by atoms with Crippen LogP contribution in [0, 0.1) is 5.92 Å². The molecule has 0 radical (unpaired) electrons. The number of benzene rings is 1. The van der Waals surface area contributed by atoms with Crippen LogP contribution in [0.3, 0.4) is 0 Å². The van der Waals surface area contributed by atoms with Crippen molar-refractivity contribution in [2.24, 2.45) is 5.92 Å². The molecule has 1 aromatic carbocycles. The van der Waals surface area contributed by atoms with E-state index in [2.05, 4.69) is 34.9 Å². The molecule has 7 heteroatoms. The fourth-order valence-corrected chi connectivity index (χ4v) is 5.00. The molecule has 0 spiro atoms. The molecule has 3 fully saturated rings. The topological polar surface area (TPSA) is 63.6 Å². The van der Waals surface area contributed by atoms with Gasteiger partial charge in [-0.1, -0.05) is 30.3 Å². The van der Waals surface area contributed by atoms with Gasteiger partial charge in [0.2, 0.25) is 5.95 Å². The average Bonchev–Trinajstić information content (AvgIpc) is 3.16. The van der Waals surface area contributed by atoms with Crippen molar-refractivity contribution in [1.29, 1.82) is 0 Å². The van der Waals surface area contributed by atoms with Crippen LogP contribution in [0.5, 0.6) is 0 Å². The minimum Gasteiger partial charge on any atom is -0.377 e. The monoisotopic (exact) mass is 417 g/mol. The fraction of sp³-hybridized carbons (Fsp3) is 0.458. The molecule has 3 atom stereocenters. The van der Waals surface area contributed by atoms with Crippen LogP contribution in [0.4, 0.5) is 11.8 Å². The lowest BCUT2D eigenvalue weighted by atomic mass is 10.0. The highest BCUT2D eigenvalue weighted by Crippen LogP contribution is 2.34. The summed E-state index contributed by atoms with van der Waals surface area (Å²) in [6.45, 7) is 7.09. The third-order valence-electron chi connectivity index (χ3n) is 6.61. The predicted molar refractivity (Wildman–Crippen MR) is 120 cm³/mol. The van der Waals surface area contributed by atoms with E-state index in [9.17, 15) is 0 Å². The van der Waals surface area contributed by atoms with Crippen molar-refractivity contribution in [3.8, 4) is 11.3 Å². The molecule has 0 amide bonds. The second-order valence-corrected chi connectivity index (χ2v) is 8.88. The van der Waals surface area contributed by atoms with Crippen molar-refractivity contribution >= 4 is 22.7 Å². The summed E-state index contributed by atoms with van der Waals surface area (Å²) in [5.41, 5.74) is 2.96. The predicted octanol–water partition coefficient (Wildman–Crippen LogP) is 3.14. The summed E-state index contributed by atoms with van der Waals surface area (Å²) >= 11 is 0. The summed E-state index contributed by atoms with van der Waals surface area (Å²) in [6, 6.07) is 12.6. The number of ether oxygens (including phenoxy) is 2. The number of piperidine rings is 1. The van der Waals surface area contributed by atoms with Gasteiger partial charge in [0.25, 0.3) is 0 Å². The number of fused-ring (bicyclic) bond motifs is 3. The Kier molecular flexibility index (Phi) is 4.73. The van der Waals surface area contributed by atoms with E-state index < -0.39 is 0 Å². The van der Waals surface area contributed by atoms with E-state index in [-0.39, 0.29) is 6.04 Å². The summed E-state index contributed by atoms with van der Waals surface area (Å²) in [5, 5.41) is 0.994. The maximum absolute atomic E-state index is 5.92. The Labute approximate surface area is 182 Å². The average molecular weight is 418 g/mol. The van der Waals surface area contributed by atoms with Crippen LogP contribution in [0.15, 0.2) is 42.6 Å². The lowest BCUT2D eigenvalue weighted by Crippen LogP contribution is -2.45. The number of aromatic nitrogens is 3. The molecule has 7 nitrogen and oxygen atoms in total. The van der Waals surface area contributed by atoms with Crippen molar-refractivity contribution in [3.63, 3.8) is 0 Å². The molecule has 0 saturated carbocycles. The number of hydrogen-bond donors (Lipinski definition) is 0. The molecule has 160 valence electrons. The first-order valence-corrected chi connectivity index (χ1v) is 11.2. The largest absolute Gasteiger partial charge is 0.377 e. The number of nitrogens with zero attached hydrogens (tertiary/aromatic N) is 5. The molecule has 3 aliphatic rings. The number of anilines is 2. The zero-order chi connectivity index (χ0) is 20.8. The van der Waals surface area contributed by atoms with Gasteiger partial charge in [-0.15, -0.1) is 0 Å².